The van der Waals surface area contributed by atoms with E-state index in [1.165, 1.54) is 0 Å². The fourth-order valence-electron chi connectivity index (χ4n) is 0.666. The van der Waals surface area contributed by atoms with Gasteiger partial charge in [-0.25, -0.2) is 4.39 Å². The van der Waals surface area contributed by atoms with Crippen LogP contribution in [0.25, 0.3) is 0 Å². The number of rotatable bonds is 6. The van der Waals surface area contributed by atoms with E-state index >= 15 is 0 Å². The van der Waals surface area contributed by atoms with Crippen LogP contribution in [0.4, 0.5) is 4.39 Å². The lowest BCUT2D eigenvalue weighted by atomic mass is 10.3. The molecule has 0 aliphatic rings. The molecule has 0 rings (SSSR count). The van der Waals surface area contributed by atoms with Crippen molar-refractivity contribution in [2.24, 2.45) is 0 Å². The van der Waals surface area contributed by atoms with Crippen molar-refractivity contribution in [3.8, 4) is 0 Å². The third kappa shape index (κ3) is 3.96. The predicted molar refractivity (Wildman–Crippen MR) is 40.2 cm³/mol. The third-order valence-electron chi connectivity index (χ3n) is 1.22. The molecule has 0 bridgehead atoms. The van der Waals surface area contributed by atoms with Gasteiger partial charge in [-0.2, -0.15) is 0 Å². The van der Waals surface area contributed by atoms with Gasteiger partial charge in [-0.1, -0.05) is 0 Å². The van der Waals surface area contributed by atoms with Crippen molar-refractivity contribution in [1.82, 2.24) is 0 Å². The fourth-order valence-corrected chi connectivity index (χ4v) is 0.666. The summed E-state index contributed by atoms with van der Waals surface area (Å²) in [6, 6.07) is 0. The Morgan fingerprint density at radius 1 is 1.08 bits per heavy atom. The highest BCUT2D eigenvalue weighted by atomic mass is 19.1. The normalized spacial score (nSPS) is 18.8. The second kappa shape index (κ2) is 6.30. The Labute approximate surface area is 70.9 Å². The van der Waals surface area contributed by atoms with Crippen LogP contribution < -0.4 is 0 Å². The van der Waals surface area contributed by atoms with Crippen molar-refractivity contribution in [3.63, 3.8) is 0 Å². The lowest BCUT2D eigenvalue weighted by molar-refractivity contribution is -0.219. The van der Waals surface area contributed by atoms with E-state index in [2.05, 4.69) is 9.47 Å². The van der Waals surface area contributed by atoms with E-state index < -0.39 is 18.8 Å². The zero-order valence-electron chi connectivity index (χ0n) is 7.24. The summed E-state index contributed by atoms with van der Waals surface area (Å²) in [6.07, 6.45) is -5.18. The van der Waals surface area contributed by atoms with Crippen molar-refractivity contribution in [2.75, 3.05) is 13.2 Å². The number of hydrogen-bond donors (Lipinski definition) is 2. The number of aliphatic hydroxyl groups is 2. The van der Waals surface area contributed by atoms with E-state index in [1.54, 1.807) is 13.8 Å². The van der Waals surface area contributed by atoms with Crippen molar-refractivity contribution < 1.29 is 24.1 Å². The number of aliphatic hydroxyl groups excluding tert-OH is 2. The van der Waals surface area contributed by atoms with Crippen molar-refractivity contribution in [3.05, 3.63) is 0 Å². The summed E-state index contributed by atoms with van der Waals surface area (Å²) in [6.45, 7) is 3.59. The molecule has 0 aromatic carbocycles. The number of alkyl halides is 1. The average molecular weight is 182 g/mol. The van der Waals surface area contributed by atoms with E-state index in [-0.39, 0.29) is 13.2 Å². The molecule has 0 amide bonds. The van der Waals surface area contributed by atoms with Crippen LogP contribution in [0, 0.1) is 0 Å². The Hall–Kier alpha value is -0.230. The first kappa shape index (κ1) is 11.8. The van der Waals surface area contributed by atoms with Crippen LogP contribution in [0.2, 0.25) is 0 Å². The number of ether oxygens (including phenoxy) is 2. The van der Waals surface area contributed by atoms with E-state index in [0.29, 0.717) is 0 Å². The minimum Gasteiger partial charge on any atom is -0.365 e. The highest BCUT2D eigenvalue weighted by Crippen LogP contribution is 2.07. The monoisotopic (exact) mass is 182 g/mol. The largest absolute Gasteiger partial charge is 0.365 e. The van der Waals surface area contributed by atoms with Gasteiger partial charge in [0.05, 0.1) is 0 Å². The van der Waals surface area contributed by atoms with Crippen molar-refractivity contribution in [2.45, 2.75) is 32.6 Å². The molecule has 0 aromatic heterocycles. The maximum Gasteiger partial charge on any atom is 0.201 e. The molecular weight excluding hydrogens is 167 g/mol. The predicted octanol–water partition coefficient (Wildman–Crippen LogP) is 0.0343. The molecule has 0 spiro atoms. The Morgan fingerprint density at radius 2 is 1.42 bits per heavy atom. The third-order valence-corrected chi connectivity index (χ3v) is 1.22. The molecule has 0 aliphatic carbocycles. The molecule has 2 atom stereocenters. The maximum absolute atomic E-state index is 12.8. The molecular formula is C7H15FO4. The Balaban J connectivity index is 3.73. The van der Waals surface area contributed by atoms with Crippen LogP contribution in [0.15, 0.2) is 0 Å². The van der Waals surface area contributed by atoms with Crippen LogP contribution >= 0.6 is 0 Å². The van der Waals surface area contributed by atoms with Gasteiger partial charge in [0, 0.05) is 13.2 Å². The SMILES string of the molecule is CCOC(O)C(F)C(O)OCC. The number of halogens is 1. The van der Waals surface area contributed by atoms with Crippen molar-refractivity contribution in [1.29, 1.82) is 0 Å². The van der Waals surface area contributed by atoms with Gasteiger partial charge in [-0.05, 0) is 13.8 Å². The quantitative estimate of drug-likeness (QED) is 0.569. The van der Waals surface area contributed by atoms with E-state index in [0.717, 1.165) is 0 Å². The standard InChI is InChI=1S/C7H15FO4/c1-3-11-6(9)5(8)7(10)12-4-2/h5-7,9-10H,3-4H2,1-2H3. The lowest BCUT2D eigenvalue weighted by Gasteiger charge is -2.19. The van der Waals surface area contributed by atoms with Gasteiger partial charge < -0.3 is 19.7 Å². The van der Waals surface area contributed by atoms with Gasteiger partial charge in [0.1, 0.15) is 0 Å². The number of hydrogen-bond acceptors (Lipinski definition) is 4. The molecule has 5 heteroatoms. The molecule has 0 heterocycles. The zero-order valence-corrected chi connectivity index (χ0v) is 7.24. The minimum absolute atomic E-state index is 0.181. The first-order chi connectivity index (χ1) is 5.63. The summed E-state index contributed by atoms with van der Waals surface area (Å²) in [4.78, 5) is 0. The Bertz CT molecular complexity index is 99.6. The first-order valence-electron chi connectivity index (χ1n) is 3.86. The molecule has 2 N–H and O–H groups in total. The summed E-state index contributed by atoms with van der Waals surface area (Å²) in [7, 11) is 0. The highest BCUT2D eigenvalue weighted by molar-refractivity contribution is 4.61. The summed E-state index contributed by atoms with van der Waals surface area (Å²) >= 11 is 0. The second-order valence-corrected chi connectivity index (χ2v) is 2.14. The van der Waals surface area contributed by atoms with Crippen molar-refractivity contribution >= 4 is 0 Å². The molecule has 0 fully saturated rings. The highest BCUT2D eigenvalue weighted by Gasteiger charge is 2.27. The Morgan fingerprint density at radius 3 is 1.67 bits per heavy atom. The molecule has 0 saturated carbocycles. The van der Waals surface area contributed by atoms with Gasteiger partial charge in [0.2, 0.25) is 6.17 Å². The molecule has 0 aromatic rings. The van der Waals surface area contributed by atoms with Gasteiger partial charge in [0.25, 0.3) is 0 Å². The minimum atomic E-state index is -1.93. The van der Waals surface area contributed by atoms with Crippen LogP contribution in [-0.4, -0.2) is 42.2 Å². The van der Waals surface area contributed by atoms with Crippen LogP contribution in [0.1, 0.15) is 13.8 Å². The fraction of sp³-hybridized carbons (Fsp3) is 1.00. The molecule has 0 aliphatic heterocycles. The van der Waals surface area contributed by atoms with Gasteiger partial charge in [-0.3, -0.25) is 0 Å². The van der Waals surface area contributed by atoms with Gasteiger partial charge in [0.15, 0.2) is 12.6 Å². The molecule has 0 radical (unpaired) electrons. The Kier molecular flexibility index (Phi) is 6.18. The van der Waals surface area contributed by atoms with E-state index in [1.807, 2.05) is 0 Å². The summed E-state index contributed by atoms with van der Waals surface area (Å²) in [5, 5.41) is 17.8. The maximum atomic E-state index is 12.8. The molecule has 2 unspecified atom stereocenters. The van der Waals surface area contributed by atoms with Gasteiger partial charge in [-0.15, -0.1) is 0 Å². The molecule has 74 valence electrons. The molecule has 0 saturated heterocycles. The smallest absolute Gasteiger partial charge is 0.201 e. The zero-order chi connectivity index (χ0) is 9.56. The summed E-state index contributed by atoms with van der Waals surface area (Å²) in [5.74, 6) is 0. The van der Waals surface area contributed by atoms with Crippen LogP contribution in [-0.2, 0) is 9.47 Å². The van der Waals surface area contributed by atoms with E-state index in [9.17, 15) is 4.39 Å². The van der Waals surface area contributed by atoms with E-state index in [4.69, 9.17) is 10.2 Å². The van der Waals surface area contributed by atoms with Gasteiger partial charge >= 0.3 is 0 Å². The summed E-state index contributed by atoms with van der Waals surface area (Å²) < 4.78 is 21.8. The van der Waals surface area contributed by atoms with Crippen LogP contribution in [0.5, 0.6) is 0 Å². The topological polar surface area (TPSA) is 58.9 Å². The summed E-state index contributed by atoms with van der Waals surface area (Å²) in [5.41, 5.74) is 0. The average Bonchev–Trinajstić information content (AvgIpc) is 2.04. The first-order valence-corrected chi connectivity index (χ1v) is 3.86. The van der Waals surface area contributed by atoms with Crippen LogP contribution in [0.3, 0.4) is 0 Å². The second-order valence-electron chi connectivity index (χ2n) is 2.14. The molecule has 12 heavy (non-hydrogen) atoms. The lowest BCUT2D eigenvalue weighted by Crippen LogP contribution is -2.37. The molecule has 4 nitrogen and oxygen atoms in total.